The average Bonchev–Trinajstić information content (AvgIpc) is 4.19. The zero-order valence-electron chi connectivity index (χ0n) is 45.6. The van der Waals surface area contributed by atoms with E-state index in [2.05, 4.69) is 20.6 Å². The van der Waals surface area contributed by atoms with Gasteiger partial charge in [-0.2, -0.15) is 29.8 Å². The van der Waals surface area contributed by atoms with Crippen LogP contribution in [0.3, 0.4) is 0 Å². The Balaban J connectivity index is 0.865. The van der Waals surface area contributed by atoms with Gasteiger partial charge in [-0.3, -0.25) is 32.6 Å². The number of aryl methyl sites for hydroxylation is 1. The monoisotopic (exact) mass is 1170 g/mol. The Morgan fingerprint density at radius 1 is 0.741 bits per heavy atom. The molecule has 0 aliphatic carbocycles. The van der Waals surface area contributed by atoms with Crippen molar-refractivity contribution < 1.29 is 72.4 Å². The standard InChI is InChI=1S/C56H67N7O15S3/c1-55(2)43-35-41(80(70,71)72)19-22-47(43)61(28-11-12-34-79(67,68)69)49(55)13-9-7-6-8-10-14-50-56(3,4)44-36-42(81(73,74)75)20-23-48(44)62(50)29-25-53(65)58-27-31-78-33-32-77-30-26-57-52(64)24-21-45-54(66)63-38-46(59-37-51(63)60-45)39-15-17-40(76-5)18-16-39/h6-10,13-20,22-23,35-38H,11-12,21,24-34H2,1-5H3,(H5-,57,58,59,64,65,66,67,68,69,70,71,72,73,74,75)/p+1. The molecule has 2 amide bonds. The first-order valence-electron chi connectivity index (χ1n) is 26.0. The molecule has 2 aliphatic heterocycles. The summed E-state index contributed by atoms with van der Waals surface area (Å²) in [5, 5.41) is 16.5. The summed E-state index contributed by atoms with van der Waals surface area (Å²) in [4.78, 5) is 36.0. The number of aromatic hydroxyl groups is 1. The van der Waals surface area contributed by atoms with Crippen LogP contribution in [0, 0.1) is 0 Å². The fraction of sp³-hybridized carbons (Fsp3) is 0.375. The molecule has 0 spiro atoms. The molecular weight excluding hydrogens is 1110 g/mol. The Morgan fingerprint density at radius 2 is 1.36 bits per heavy atom. The summed E-state index contributed by atoms with van der Waals surface area (Å²) in [6, 6.07) is 16.1. The molecule has 4 heterocycles. The number of unbranched alkanes of at least 4 members (excludes halogenated alkanes) is 1. The SMILES string of the molecule is COc1ccc(-c2cn3c(O)c(CCC(=O)NCCOCCOCCNC(=O)CCN4/C(=C/C=C/C=C/C=C/C5=[N+](CCCCS(=O)(=O)O)c6ccc(S(=O)(=O)O)cc6C5(C)C)C(C)(C)c5cc(S(=O)(=O)O)ccc54)nc3cn2)cc1. The van der Waals surface area contributed by atoms with Crippen molar-refractivity contribution in [2.24, 2.45) is 0 Å². The number of carbonyl (C=O) groups excluding carboxylic acids is 2. The molecule has 0 bridgehead atoms. The number of allylic oxidation sites excluding steroid dienone is 8. The van der Waals surface area contributed by atoms with Gasteiger partial charge in [-0.15, -0.1) is 0 Å². The number of hydrogen-bond acceptors (Lipinski definition) is 15. The molecule has 0 radical (unpaired) electrons. The third kappa shape index (κ3) is 15.7. The lowest BCUT2D eigenvalue weighted by molar-refractivity contribution is -0.438. The van der Waals surface area contributed by atoms with Crippen LogP contribution in [0.25, 0.3) is 16.9 Å². The second-order valence-electron chi connectivity index (χ2n) is 20.2. The largest absolute Gasteiger partial charge is 0.497 e. The normalized spacial score (nSPS) is 15.7. The van der Waals surface area contributed by atoms with Gasteiger partial charge in [-0.05, 0) is 86.5 Å². The number of anilines is 1. The Hall–Kier alpha value is -7.10. The molecule has 22 nitrogen and oxygen atoms in total. The van der Waals surface area contributed by atoms with Crippen LogP contribution in [0.1, 0.15) is 70.2 Å². The quantitative estimate of drug-likeness (QED) is 0.0139. The highest BCUT2D eigenvalue weighted by atomic mass is 32.2. The van der Waals surface area contributed by atoms with Crippen LogP contribution in [-0.4, -0.2) is 146 Å². The Labute approximate surface area is 471 Å². The Bertz CT molecular complexity index is 3640. The number of fused-ring (bicyclic) bond motifs is 3. The number of nitrogens with zero attached hydrogens (tertiary/aromatic N) is 5. The summed E-state index contributed by atoms with van der Waals surface area (Å²) in [5.74, 6) is -0.227. The van der Waals surface area contributed by atoms with Crippen LogP contribution in [0.4, 0.5) is 11.4 Å². The lowest BCUT2D eigenvalue weighted by atomic mass is 9.81. The van der Waals surface area contributed by atoms with Crippen LogP contribution in [0.15, 0.2) is 131 Å². The molecule has 0 saturated heterocycles. The van der Waals surface area contributed by atoms with Gasteiger partial charge in [0, 0.05) is 91.6 Å². The highest BCUT2D eigenvalue weighted by Crippen LogP contribution is 2.48. The summed E-state index contributed by atoms with van der Waals surface area (Å²) in [5.41, 5.74) is 5.02. The zero-order chi connectivity index (χ0) is 58.8. The van der Waals surface area contributed by atoms with E-state index in [4.69, 9.17) is 14.2 Å². The van der Waals surface area contributed by atoms with E-state index in [1.54, 1.807) is 62.0 Å². The average molecular weight is 1180 g/mol. The molecule has 7 rings (SSSR count). The van der Waals surface area contributed by atoms with E-state index in [1.807, 2.05) is 73.6 Å². The predicted octanol–water partition coefficient (Wildman–Crippen LogP) is 6.29. The van der Waals surface area contributed by atoms with Gasteiger partial charge in [0.05, 0.1) is 66.4 Å². The molecule has 5 aromatic rings. The smallest absolute Gasteiger partial charge is 0.294 e. The number of amides is 2. The van der Waals surface area contributed by atoms with Crippen LogP contribution in [0.2, 0.25) is 0 Å². The van der Waals surface area contributed by atoms with Gasteiger partial charge in [0.2, 0.25) is 23.4 Å². The van der Waals surface area contributed by atoms with E-state index >= 15 is 0 Å². The van der Waals surface area contributed by atoms with E-state index in [0.29, 0.717) is 58.3 Å². The second-order valence-corrected chi connectivity index (χ2v) is 24.6. The van der Waals surface area contributed by atoms with Crippen molar-refractivity contribution in [1.29, 1.82) is 0 Å². The van der Waals surface area contributed by atoms with Crippen molar-refractivity contribution in [3.8, 4) is 22.9 Å². The molecule has 6 N–H and O–H groups in total. The van der Waals surface area contributed by atoms with Crippen LogP contribution in [-0.2, 0) is 66.7 Å². The van der Waals surface area contributed by atoms with Crippen LogP contribution < -0.4 is 20.3 Å². The fourth-order valence-electron chi connectivity index (χ4n) is 9.69. The number of benzene rings is 3. The minimum atomic E-state index is -4.51. The molecule has 0 saturated carbocycles. The maximum Gasteiger partial charge on any atom is 0.294 e. The van der Waals surface area contributed by atoms with Crippen molar-refractivity contribution >= 4 is 64.9 Å². The van der Waals surface area contributed by atoms with Crippen molar-refractivity contribution in [2.75, 3.05) is 70.4 Å². The Kier molecular flexibility index (Phi) is 19.9. The Morgan fingerprint density at radius 3 is 2.00 bits per heavy atom. The summed E-state index contributed by atoms with van der Waals surface area (Å²) in [7, 11) is -11.6. The second kappa shape index (κ2) is 26.2. The van der Waals surface area contributed by atoms with Crippen molar-refractivity contribution in [3.05, 3.63) is 138 Å². The lowest BCUT2D eigenvalue weighted by Gasteiger charge is -2.27. The van der Waals surface area contributed by atoms with Crippen molar-refractivity contribution in [3.63, 3.8) is 0 Å². The van der Waals surface area contributed by atoms with E-state index in [1.165, 1.54) is 28.7 Å². The topological polar surface area (TPSA) is 306 Å². The number of ether oxygens (including phenoxy) is 3. The molecule has 0 unspecified atom stereocenters. The fourth-order valence-corrected chi connectivity index (χ4v) is 11.3. The molecule has 81 heavy (non-hydrogen) atoms. The summed E-state index contributed by atoms with van der Waals surface area (Å²) < 4.78 is 120. The molecule has 25 heteroatoms. The molecular formula is C56H68N7O15S3+. The predicted molar refractivity (Wildman–Crippen MR) is 304 cm³/mol. The highest BCUT2D eigenvalue weighted by Gasteiger charge is 2.45. The highest BCUT2D eigenvalue weighted by molar-refractivity contribution is 7.86. The number of imidazole rings is 1. The van der Waals surface area contributed by atoms with E-state index in [0.717, 1.165) is 17.0 Å². The first kappa shape index (κ1) is 61.5. The molecule has 434 valence electrons. The van der Waals surface area contributed by atoms with Gasteiger partial charge in [0.1, 0.15) is 18.0 Å². The third-order valence-electron chi connectivity index (χ3n) is 13.9. The molecule has 2 aromatic heterocycles. The summed E-state index contributed by atoms with van der Waals surface area (Å²) in [6.45, 7) is 9.72. The van der Waals surface area contributed by atoms with Gasteiger partial charge >= 0.3 is 0 Å². The van der Waals surface area contributed by atoms with Gasteiger partial charge in [0.25, 0.3) is 30.4 Å². The number of aromatic nitrogens is 3. The lowest BCUT2D eigenvalue weighted by Crippen LogP contribution is -2.33. The van der Waals surface area contributed by atoms with Crippen molar-refractivity contribution in [1.82, 2.24) is 25.0 Å². The van der Waals surface area contributed by atoms with Gasteiger partial charge in [0.15, 0.2) is 11.4 Å². The van der Waals surface area contributed by atoms with Gasteiger partial charge in [-0.25, -0.2) is 4.98 Å². The number of carbonyl (C=O) groups is 2. The van der Waals surface area contributed by atoms with Crippen LogP contribution >= 0.6 is 0 Å². The third-order valence-corrected chi connectivity index (χ3v) is 16.4. The maximum absolute atomic E-state index is 13.1. The molecule has 3 aromatic carbocycles. The minimum Gasteiger partial charge on any atom is -0.497 e. The van der Waals surface area contributed by atoms with E-state index in [9.17, 15) is 53.6 Å². The zero-order valence-corrected chi connectivity index (χ0v) is 48.1. The summed E-state index contributed by atoms with van der Waals surface area (Å²) in [6.07, 6.45) is 16.9. The van der Waals surface area contributed by atoms with Crippen molar-refractivity contribution in [2.45, 2.75) is 80.4 Å². The van der Waals surface area contributed by atoms with Gasteiger partial charge in [-0.1, -0.05) is 44.2 Å². The molecule has 0 fully saturated rings. The molecule has 0 atom stereocenters. The maximum atomic E-state index is 13.1. The number of nitrogens with one attached hydrogen (secondary N) is 2. The molecule has 2 aliphatic rings. The number of hydrogen-bond donors (Lipinski definition) is 6. The number of rotatable bonds is 28. The van der Waals surface area contributed by atoms with E-state index < -0.39 is 46.9 Å². The first-order chi connectivity index (χ1) is 38.3. The van der Waals surface area contributed by atoms with Gasteiger partial charge < -0.3 is 34.9 Å². The minimum absolute atomic E-state index is 0.0605. The number of methoxy groups -OCH3 is 1. The summed E-state index contributed by atoms with van der Waals surface area (Å²) >= 11 is 0. The van der Waals surface area contributed by atoms with Crippen LogP contribution in [0.5, 0.6) is 11.6 Å². The van der Waals surface area contributed by atoms with E-state index in [-0.39, 0.29) is 99.2 Å². The first-order valence-corrected chi connectivity index (χ1v) is 30.5.